The predicted octanol–water partition coefficient (Wildman–Crippen LogP) is 4.25. The van der Waals surface area contributed by atoms with E-state index in [1.165, 1.54) is 24.2 Å². The Morgan fingerprint density at radius 3 is 2.44 bits per heavy atom. The summed E-state index contributed by atoms with van der Waals surface area (Å²) in [5.41, 5.74) is 2.97. The van der Waals surface area contributed by atoms with Crippen LogP contribution in [0.2, 0.25) is 0 Å². The van der Waals surface area contributed by atoms with Crippen LogP contribution in [0.25, 0.3) is 0 Å². The molecule has 1 aliphatic carbocycles. The zero-order chi connectivity index (χ0) is 22.5. The smallest absolute Gasteiger partial charge is 0.216 e. The maximum absolute atomic E-state index is 13.1. The molecule has 0 saturated heterocycles. The standard InChI is InChI=1S/C25H28N4O2S/c1-17(23(31)21-10-8-19(9-11-21)14-15-26-18(2)30)32-25-28-27-24(22-12-13-22)29(25)16-20-6-4-3-5-7-20/h3-11,17,22H,12-16H2,1-2H3,(H,26,30). The number of amides is 1. The van der Waals surface area contributed by atoms with Crippen LogP contribution in [0.5, 0.6) is 0 Å². The third-order valence-corrected chi connectivity index (χ3v) is 6.63. The van der Waals surface area contributed by atoms with E-state index in [0.29, 0.717) is 24.6 Å². The first-order valence-electron chi connectivity index (χ1n) is 11.0. The number of hydrogen-bond acceptors (Lipinski definition) is 5. The molecule has 1 atom stereocenters. The van der Waals surface area contributed by atoms with Crippen molar-refractivity contribution in [3.05, 3.63) is 77.1 Å². The van der Waals surface area contributed by atoms with Gasteiger partial charge < -0.3 is 9.88 Å². The number of aromatic nitrogens is 3. The first kappa shape index (κ1) is 22.3. The maximum atomic E-state index is 13.1. The summed E-state index contributed by atoms with van der Waals surface area (Å²) in [7, 11) is 0. The average molecular weight is 449 g/mol. The Kier molecular flexibility index (Phi) is 7.05. The SMILES string of the molecule is CC(=O)NCCc1ccc(C(=O)C(C)Sc2nnc(C3CC3)n2Cc2ccccc2)cc1. The van der Waals surface area contributed by atoms with Crippen LogP contribution >= 0.6 is 11.8 Å². The average Bonchev–Trinajstić information content (AvgIpc) is 3.57. The Morgan fingerprint density at radius 1 is 1.06 bits per heavy atom. The van der Waals surface area contributed by atoms with Crippen LogP contribution in [0.3, 0.4) is 0 Å². The summed E-state index contributed by atoms with van der Waals surface area (Å²) in [5.74, 6) is 1.55. The highest BCUT2D eigenvalue weighted by molar-refractivity contribution is 8.00. The number of nitrogens with zero attached hydrogens (tertiary/aromatic N) is 3. The molecule has 1 heterocycles. The van der Waals surface area contributed by atoms with E-state index >= 15 is 0 Å². The van der Waals surface area contributed by atoms with E-state index in [4.69, 9.17) is 0 Å². The lowest BCUT2D eigenvalue weighted by atomic mass is 10.0. The van der Waals surface area contributed by atoms with Gasteiger partial charge in [-0.2, -0.15) is 0 Å². The molecule has 1 fully saturated rings. The van der Waals surface area contributed by atoms with E-state index in [9.17, 15) is 9.59 Å². The summed E-state index contributed by atoms with van der Waals surface area (Å²) < 4.78 is 2.17. The van der Waals surface area contributed by atoms with E-state index < -0.39 is 0 Å². The molecule has 1 N–H and O–H groups in total. The van der Waals surface area contributed by atoms with Crippen molar-refractivity contribution in [3.8, 4) is 0 Å². The van der Waals surface area contributed by atoms with Crippen molar-refractivity contribution in [2.24, 2.45) is 0 Å². The van der Waals surface area contributed by atoms with Gasteiger partial charge in [-0.1, -0.05) is 66.4 Å². The van der Waals surface area contributed by atoms with Gasteiger partial charge in [0, 0.05) is 24.9 Å². The van der Waals surface area contributed by atoms with Crippen molar-refractivity contribution in [1.29, 1.82) is 0 Å². The van der Waals surface area contributed by atoms with Crippen molar-refractivity contribution < 1.29 is 9.59 Å². The minimum absolute atomic E-state index is 0.0346. The maximum Gasteiger partial charge on any atom is 0.216 e. The fourth-order valence-electron chi connectivity index (χ4n) is 3.61. The van der Waals surface area contributed by atoms with Crippen LogP contribution in [0.4, 0.5) is 0 Å². The Labute approximate surface area is 192 Å². The second-order valence-electron chi connectivity index (χ2n) is 8.24. The quantitative estimate of drug-likeness (QED) is 0.371. The summed E-state index contributed by atoms with van der Waals surface area (Å²) in [4.78, 5) is 24.1. The molecule has 0 aliphatic heterocycles. The van der Waals surface area contributed by atoms with E-state index in [2.05, 4.69) is 32.2 Å². The minimum Gasteiger partial charge on any atom is -0.356 e. The molecule has 7 heteroatoms. The van der Waals surface area contributed by atoms with Gasteiger partial charge in [0.25, 0.3) is 0 Å². The lowest BCUT2D eigenvalue weighted by Crippen LogP contribution is -2.22. The van der Waals surface area contributed by atoms with Crippen molar-refractivity contribution in [2.45, 2.75) is 56.0 Å². The van der Waals surface area contributed by atoms with E-state index in [1.807, 2.05) is 49.4 Å². The Morgan fingerprint density at radius 2 is 1.78 bits per heavy atom. The molecule has 3 aromatic rings. The third kappa shape index (κ3) is 5.65. The van der Waals surface area contributed by atoms with Crippen molar-refractivity contribution in [2.75, 3.05) is 6.54 Å². The Bertz CT molecular complexity index is 1080. The number of carbonyl (C=O) groups excluding carboxylic acids is 2. The van der Waals surface area contributed by atoms with Gasteiger partial charge in [-0.15, -0.1) is 10.2 Å². The second-order valence-corrected chi connectivity index (χ2v) is 9.55. The Balaban J connectivity index is 1.43. The van der Waals surface area contributed by atoms with Gasteiger partial charge in [0.2, 0.25) is 5.91 Å². The number of carbonyl (C=O) groups is 2. The van der Waals surface area contributed by atoms with Crippen LogP contribution in [0.1, 0.15) is 59.9 Å². The van der Waals surface area contributed by atoms with Crippen molar-refractivity contribution >= 4 is 23.5 Å². The van der Waals surface area contributed by atoms with Crippen LogP contribution in [-0.4, -0.2) is 38.2 Å². The number of benzene rings is 2. The third-order valence-electron chi connectivity index (χ3n) is 5.55. The highest BCUT2D eigenvalue weighted by Crippen LogP contribution is 2.40. The topological polar surface area (TPSA) is 76.9 Å². The van der Waals surface area contributed by atoms with E-state index in [0.717, 1.165) is 35.8 Å². The summed E-state index contributed by atoms with van der Waals surface area (Å²) in [6, 6.07) is 17.9. The molecular formula is C25H28N4O2S. The fourth-order valence-corrected chi connectivity index (χ4v) is 4.54. The van der Waals surface area contributed by atoms with Gasteiger partial charge in [-0.05, 0) is 37.3 Å². The zero-order valence-electron chi connectivity index (χ0n) is 18.5. The number of nitrogens with one attached hydrogen (secondary N) is 1. The molecule has 1 saturated carbocycles. The fraction of sp³-hybridized carbons (Fsp3) is 0.360. The highest BCUT2D eigenvalue weighted by Gasteiger charge is 2.31. The molecular weight excluding hydrogens is 420 g/mol. The van der Waals surface area contributed by atoms with Gasteiger partial charge in [-0.25, -0.2) is 0 Å². The number of Topliss-reactive ketones (excluding diaryl/α,β-unsaturated/α-hetero) is 1. The number of rotatable bonds is 10. The number of thioether (sulfide) groups is 1. The molecule has 6 nitrogen and oxygen atoms in total. The van der Waals surface area contributed by atoms with Crippen LogP contribution in [0.15, 0.2) is 59.8 Å². The lowest BCUT2D eigenvalue weighted by molar-refractivity contribution is -0.118. The van der Waals surface area contributed by atoms with E-state index in [-0.39, 0.29) is 16.9 Å². The second kappa shape index (κ2) is 10.1. The van der Waals surface area contributed by atoms with E-state index in [1.54, 1.807) is 0 Å². The van der Waals surface area contributed by atoms with Gasteiger partial charge in [0.05, 0.1) is 11.8 Å². The van der Waals surface area contributed by atoms with Gasteiger partial charge >= 0.3 is 0 Å². The molecule has 2 aromatic carbocycles. The molecule has 4 rings (SSSR count). The Hall–Kier alpha value is -2.93. The van der Waals surface area contributed by atoms with Crippen molar-refractivity contribution in [3.63, 3.8) is 0 Å². The first-order valence-corrected chi connectivity index (χ1v) is 11.9. The molecule has 1 unspecified atom stereocenters. The summed E-state index contributed by atoms with van der Waals surface area (Å²) >= 11 is 1.47. The normalized spacial score (nSPS) is 14.2. The van der Waals surface area contributed by atoms with Crippen LogP contribution < -0.4 is 5.32 Å². The van der Waals surface area contributed by atoms with Crippen molar-refractivity contribution in [1.82, 2.24) is 20.1 Å². The number of hydrogen-bond donors (Lipinski definition) is 1. The zero-order valence-corrected chi connectivity index (χ0v) is 19.3. The molecule has 0 bridgehead atoms. The molecule has 32 heavy (non-hydrogen) atoms. The predicted molar refractivity (Wildman–Crippen MR) is 126 cm³/mol. The highest BCUT2D eigenvalue weighted by atomic mass is 32.2. The summed E-state index contributed by atoms with van der Waals surface area (Å²) in [6.07, 6.45) is 3.05. The summed E-state index contributed by atoms with van der Waals surface area (Å²) in [5, 5.41) is 12.2. The van der Waals surface area contributed by atoms with Gasteiger partial charge in [0.15, 0.2) is 10.9 Å². The number of ketones is 1. The lowest BCUT2D eigenvalue weighted by Gasteiger charge is -2.13. The molecule has 0 radical (unpaired) electrons. The molecule has 166 valence electrons. The molecule has 1 aliphatic rings. The molecule has 0 spiro atoms. The first-order chi connectivity index (χ1) is 15.5. The van der Waals surface area contributed by atoms with Crippen LogP contribution in [-0.2, 0) is 17.8 Å². The molecule has 1 aromatic heterocycles. The monoisotopic (exact) mass is 448 g/mol. The van der Waals surface area contributed by atoms with Crippen LogP contribution in [0, 0.1) is 0 Å². The van der Waals surface area contributed by atoms with Gasteiger partial charge in [0.1, 0.15) is 5.82 Å². The van der Waals surface area contributed by atoms with Gasteiger partial charge in [-0.3, -0.25) is 9.59 Å². The minimum atomic E-state index is -0.272. The molecule has 1 amide bonds. The summed E-state index contributed by atoms with van der Waals surface area (Å²) in [6.45, 7) is 4.74. The largest absolute Gasteiger partial charge is 0.356 e.